The van der Waals surface area contributed by atoms with E-state index in [2.05, 4.69) is 15.1 Å². The molecule has 0 amide bonds. The van der Waals surface area contributed by atoms with Gasteiger partial charge in [0.25, 0.3) is 0 Å². The molecule has 7 nitrogen and oxygen atoms in total. The zero-order chi connectivity index (χ0) is 17.6. The van der Waals surface area contributed by atoms with Crippen molar-refractivity contribution in [2.45, 2.75) is 46.1 Å². The van der Waals surface area contributed by atoms with Crippen molar-refractivity contribution < 1.29 is 14.1 Å². The fraction of sp³-hybridized carbons (Fsp3) is 0.412. The highest BCUT2D eigenvalue weighted by Crippen LogP contribution is 2.37. The molecule has 130 valence electrons. The lowest BCUT2D eigenvalue weighted by molar-refractivity contribution is 0.0460. The smallest absolute Gasteiger partial charge is 0.344 e. The van der Waals surface area contributed by atoms with Crippen LogP contribution in [-0.4, -0.2) is 21.1 Å². The van der Waals surface area contributed by atoms with Crippen molar-refractivity contribution in [2.24, 2.45) is 0 Å². The summed E-state index contributed by atoms with van der Waals surface area (Å²) in [6.45, 7) is 3.34. The number of aromatic nitrogens is 3. The van der Waals surface area contributed by atoms with Gasteiger partial charge in [-0.3, -0.25) is 0 Å². The lowest BCUT2D eigenvalue weighted by Crippen LogP contribution is -2.10. The predicted octanol–water partition coefficient (Wildman–Crippen LogP) is 3.11. The molecule has 0 unspecified atom stereocenters. The molecule has 25 heavy (non-hydrogen) atoms. The van der Waals surface area contributed by atoms with Crippen molar-refractivity contribution in [3.63, 3.8) is 0 Å². The minimum atomic E-state index is -0.496. The summed E-state index contributed by atoms with van der Waals surface area (Å²) < 4.78 is 10.3. The first-order valence-electron chi connectivity index (χ1n) is 8.21. The van der Waals surface area contributed by atoms with Gasteiger partial charge in [0.2, 0.25) is 0 Å². The Balaban J connectivity index is 1.59. The third kappa shape index (κ3) is 2.76. The Morgan fingerprint density at radius 2 is 2.08 bits per heavy atom. The van der Waals surface area contributed by atoms with Gasteiger partial charge in [-0.05, 0) is 45.1 Å². The second kappa shape index (κ2) is 6.11. The van der Waals surface area contributed by atoms with Gasteiger partial charge in [-0.2, -0.15) is 0 Å². The number of carbonyl (C=O) groups excluding carboxylic acids is 1. The number of thiophene rings is 1. The van der Waals surface area contributed by atoms with Crippen molar-refractivity contribution in [2.75, 3.05) is 5.73 Å². The van der Waals surface area contributed by atoms with Gasteiger partial charge in [-0.15, -0.1) is 11.3 Å². The molecule has 3 aromatic rings. The number of fused-ring (bicyclic) bond motifs is 3. The van der Waals surface area contributed by atoms with Crippen molar-refractivity contribution in [1.82, 2.24) is 15.1 Å². The van der Waals surface area contributed by atoms with Crippen molar-refractivity contribution in [3.05, 3.63) is 33.3 Å². The minimum Gasteiger partial charge on any atom is -0.454 e. The van der Waals surface area contributed by atoms with Crippen LogP contribution >= 0.6 is 11.3 Å². The maximum absolute atomic E-state index is 12.2. The molecule has 0 spiro atoms. The maximum atomic E-state index is 12.2. The molecule has 0 radical (unpaired) electrons. The predicted molar refractivity (Wildman–Crippen MR) is 93.6 cm³/mol. The summed E-state index contributed by atoms with van der Waals surface area (Å²) in [5.74, 6) is 0.810. The van der Waals surface area contributed by atoms with E-state index in [1.54, 1.807) is 25.2 Å². The van der Waals surface area contributed by atoms with E-state index in [9.17, 15) is 4.79 Å². The molecule has 0 saturated heterocycles. The molecule has 0 atom stereocenters. The van der Waals surface area contributed by atoms with Crippen molar-refractivity contribution in [3.8, 4) is 0 Å². The van der Waals surface area contributed by atoms with E-state index in [0.29, 0.717) is 28.7 Å². The molecule has 3 aromatic heterocycles. The fourth-order valence-corrected chi connectivity index (χ4v) is 4.56. The first-order valence-corrected chi connectivity index (χ1v) is 9.03. The fourth-order valence-electron chi connectivity index (χ4n) is 3.27. The summed E-state index contributed by atoms with van der Waals surface area (Å²) in [5, 5.41) is 4.73. The summed E-state index contributed by atoms with van der Waals surface area (Å²) >= 11 is 1.67. The van der Waals surface area contributed by atoms with E-state index in [0.717, 1.165) is 23.1 Å². The molecule has 0 fully saturated rings. The van der Waals surface area contributed by atoms with Crippen LogP contribution in [-0.2, 0) is 24.2 Å². The van der Waals surface area contributed by atoms with Crippen LogP contribution in [0.25, 0.3) is 10.2 Å². The number of nitrogen functional groups attached to an aromatic ring is 1. The SMILES string of the molecule is Cc1noc(C)c1C(=O)OCc1nc(N)c2c3c(sc2n1)CCCC3. The van der Waals surface area contributed by atoms with E-state index in [4.69, 9.17) is 15.0 Å². The highest BCUT2D eigenvalue weighted by atomic mass is 32.1. The molecule has 4 rings (SSSR count). The Morgan fingerprint density at radius 3 is 2.84 bits per heavy atom. The lowest BCUT2D eigenvalue weighted by Gasteiger charge is -2.10. The topological polar surface area (TPSA) is 104 Å². The number of nitrogens with two attached hydrogens (primary N) is 1. The highest BCUT2D eigenvalue weighted by molar-refractivity contribution is 7.19. The van der Waals surface area contributed by atoms with E-state index in [1.807, 2.05) is 0 Å². The second-order valence-corrected chi connectivity index (χ2v) is 7.28. The zero-order valence-electron chi connectivity index (χ0n) is 14.1. The third-order valence-electron chi connectivity index (χ3n) is 4.46. The molecule has 1 aliphatic carbocycles. The van der Waals surface area contributed by atoms with Crippen molar-refractivity contribution >= 4 is 33.3 Å². The molecule has 3 heterocycles. The van der Waals surface area contributed by atoms with E-state index in [1.165, 1.54) is 23.3 Å². The standard InChI is InChI=1S/C17H18N4O3S/c1-8-13(9(2)24-21-8)17(22)23-7-12-19-15(18)14-10-5-3-4-6-11(10)25-16(14)20-12/h3-7H2,1-2H3,(H2,18,19,20). The van der Waals surface area contributed by atoms with Crippen LogP contribution in [0.3, 0.4) is 0 Å². The summed E-state index contributed by atoms with van der Waals surface area (Å²) in [6.07, 6.45) is 4.49. The van der Waals surface area contributed by atoms with E-state index in [-0.39, 0.29) is 6.61 Å². The highest BCUT2D eigenvalue weighted by Gasteiger charge is 2.22. The second-order valence-electron chi connectivity index (χ2n) is 6.19. The Labute approximate surface area is 148 Å². The largest absolute Gasteiger partial charge is 0.454 e. The Kier molecular flexibility index (Phi) is 3.91. The van der Waals surface area contributed by atoms with Crippen LogP contribution in [0.15, 0.2) is 4.52 Å². The number of ether oxygens (including phenoxy) is 1. The van der Waals surface area contributed by atoms with Crippen LogP contribution in [0.2, 0.25) is 0 Å². The van der Waals surface area contributed by atoms with Crippen molar-refractivity contribution in [1.29, 1.82) is 0 Å². The molecular formula is C17H18N4O3S. The quantitative estimate of drug-likeness (QED) is 0.717. The van der Waals surface area contributed by atoms with Gasteiger partial charge in [-0.25, -0.2) is 14.8 Å². The zero-order valence-corrected chi connectivity index (χ0v) is 14.9. The molecule has 0 saturated carbocycles. The van der Waals surface area contributed by atoms with E-state index >= 15 is 0 Å². The number of hydrogen-bond acceptors (Lipinski definition) is 8. The maximum Gasteiger partial charge on any atom is 0.344 e. The van der Waals surface area contributed by atoms with E-state index < -0.39 is 5.97 Å². The minimum absolute atomic E-state index is 0.0361. The molecule has 0 bridgehead atoms. The molecular weight excluding hydrogens is 340 g/mol. The first-order chi connectivity index (χ1) is 12.0. The van der Waals surface area contributed by atoms with Gasteiger partial charge in [-0.1, -0.05) is 5.16 Å². The number of aryl methyl sites for hydroxylation is 4. The third-order valence-corrected chi connectivity index (χ3v) is 5.64. The number of anilines is 1. The van der Waals surface area contributed by atoms with Crippen LogP contribution in [0.4, 0.5) is 5.82 Å². The Bertz CT molecular complexity index is 957. The summed E-state index contributed by atoms with van der Waals surface area (Å²) in [5.41, 5.74) is 8.31. The van der Waals surface area contributed by atoms with Gasteiger partial charge in [0, 0.05) is 4.88 Å². The van der Waals surface area contributed by atoms with Gasteiger partial charge >= 0.3 is 5.97 Å². The average Bonchev–Trinajstić information content (AvgIpc) is 3.12. The normalized spacial score (nSPS) is 13.8. The van der Waals surface area contributed by atoms with Crippen LogP contribution in [0.1, 0.15) is 50.9 Å². The first kappa shape index (κ1) is 16.0. The molecule has 8 heteroatoms. The summed E-state index contributed by atoms with van der Waals surface area (Å²) in [4.78, 5) is 23.3. The molecule has 1 aliphatic rings. The number of nitrogens with zero attached hydrogens (tertiary/aromatic N) is 3. The van der Waals surface area contributed by atoms with Crippen LogP contribution < -0.4 is 5.73 Å². The lowest BCUT2D eigenvalue weighted by atomic mass is 9.97. The Hall–Kier alpha value is -2.48. The van der Waals surface area contributed by atoms with Crippen LogP contribution in [0.5, 0.6) is 0 Å². The van der Waals surface area contributed by atoms with Gasteiger partial charge in [0.15, 0.2) is 12.4 Å². The monoisotopic (exact) mass is 358 g/mol. The van der Waals surface area contributed by atoms with Crippen LogP contribution in [0, 0.1) is 13.8 Å². The molecule has 2 N–H and O–H groups in total. The summed E-state index contributed by atoms with van der Waals surface area (Å²) in [7, 11) is 0. The Morgan fingerprint density at radius 1 is 1.28 bits per heavy atom. The van der Waals surface area contributed by atoms with Gasteiger partial charge in [0.05, 0.1) is 11.1 Å². The number of esters is 1. The molecule has 0 aromatic carbocycles. The summed E-state index contributed by atoms with van der Waals surface area (Å²) in [6, 6.07) is 0. The number of rotatable bonds is 3. The molecule has 0 aliphatic heterocycles. The average molecular weight is 358 g/mol. The number of carbonyl (C=O) groups is 1. The van der Waals surface area contributed by atoms with Gasteiger partial charge < -0.3 is 15.0 Å². The van der Waals surface area contributed by atoms with Gasteiger partial charge in [0.1, 0.15) is 22.0 Å². The number of hydrogen-bond donors (Lipinski definition) is 1.